The van der Waals surface area contributed by atoms with Crippen LogP contribution in [0.1, 0.15) is 23.7 Å². The lowest BCUT2D eigenvalue weighted by atomic mass is 10.0. The molecule has 1 saturated heterocycles. The number of para-hydroxylation sites is 1. The van der Waals surface area contributed by atoms with Crippen LogP contribution in [0.15, 0.2) is 48.5 Å². The lowest BCUT2D eigenvalue weighted by Crippen LogP contribution is -2.52. The third kappa shape index (κ3) is 6.03. The van der Waals surface area contributed by atoms with Gasteiger partial charge in [0.25, 0.3) is 5.91 Å². The molecule has 2 aromatic rings. The van der Waals surface area contributed by atoms with Gasteiger partial charge in [0.1, 0.15) is 5.75 Å². The van der Waals surface area contributed by atoms with Gasteiger partial charge in [-0.25, -0.2) is 0 Å². The number of hydrogen-bond donors (Lipinski definition) is 4. The average molecular weight is 416 g/mol. The molecule has 1 unspecified atom stereocenters. The van der Waals surface area contributed by atoms with Crippen LogP contribution in [0.5, 0.6) is 5.75 Å². The Kier molecular flexibility index (Phi) is 8.79. The molecule has 1 aliphatic heterocycles. The van der Waals surface area contributed by atoms with E-state index in [4.69, 9.17) is 14.6 Å². The van der Waals surface area contributed by atoms with E-state index in [1.165, 1.54) is 6.92 Å². The van der Waals surface area contributed by atoms with Crippen LogP contribution in [0.3, 0.4) is 0 Å². The molecule has 162 valence electrons. The summed E-state index contributed by atoms with van der Waals surface area (Å²) >= 11 is 0. The molecular weight excluding hydrogens is 388 g/mol. The first-order valence-corrected chi connectivity index (χ1v) is 9.57. The van der Waals surface area contributed by atoms with Gasteiger partial charge in [0, 0.05) is 38.6 Å². The monoisotopic (exact) mass is 416 g/mol. The maximum atomic E-state index is 11.9. The van der Waals surface area contributed by atoms with Gasteiger partial charge in [-0.15, -0.1) is 0 Å². The zero-order chi connectivity index (χ0) is 22.1. The summed E-state index contributed by atoms with van der Waals surface area (Å²) in [5.41, 5.74) is 2.16. The van der Waals surface area contributed by atoms with E-state index in [1.54, 1.807) is 25.2 Å². The standard InChI is InChI=1S/C21H24N2O5.CH4O/c1-13(24)23-18-11-16(25)12-27-21(18)28-19-9-4-3-8-17(19)14-6-5-7-15(10-14)20(26)22-2;1-2/h3-10,16,18,21,25H,11-12H2,1-2H3,(H,22,26)(H,23,24);2H,1H3/t16-,18?,21+;/m1./s1. The van der Waals surface area contributed by atoms with E-state index in [9.17, 15) is 14.7 Å². The average Bonchev–Trinajstić information content (AvgIpc) is 2.76. The molecule has 8 nitrogen and oxygen atoms in total. The number of nitrogens with one attached hydrogen (secondary N) is 2. The van der Waals surface area contributed by atoms with Crippen molar-refractivity contribution in [3.05, 3.63) is 54.1 Å². The van der Waals surface area contributed by atoms with E-state index in [2.05, 4.69) is 10.6 Å². The van der Waals surface area contributed by atoms with Crippen molar-refractivity contribution >= 4 is 11.8 Å². The van der Waals surface area contributed by atoms with Crippen molar-refractivity contribution in [2.24, 2.45) is 0 Å². The molecule has 1 fully saturated rings. The van der Waals surface area contributed by atoms with Gasteiger partial charge in [-0.1, -0.05) is 30.3 Å². The summed E-state index contributed by atoms with van der Waals surface area (Å²) in [6, 6.07) is 14.2. The maximum Gasteiger partial charge on any atom is 0.251 e. The third-order valence-corrected chi connectivity index (χ3v) is 4.49. The van der Waals surface area contributed by atoms with Crippen molar-refractivity contribution in [2.45, 2.75) is 31.8 Å². The van der Waals surface area contributed by atoms with Crippen LogP contribution in [-0.4, -0.2) is 61.2 Å². The summed E-state index contributed by atoms with van der Waals surface area (Å²) < 4.78 is 11.7. The molecule has 3 rings (SSSR count). The van der Waals surface area contributed by atoms with E-state index >= 15 is 0 Å². The maximum absolute atomic E-state index is 11.9. The van der Waals surface area contributed by atoms with Crippen LogP contribution in [0.25, 0.3) is 11.1 Å². The van der Waals surface area contributed by atoms with E-state index < -0.39 is 18.4 Å². The van der Waals surface area contributed by atoms with Crippen LogP contribution in [-0.2, 0) is 9.53 Å². The molecule has 0 radical (unpaired) electrons. The number of carbonyl (C=O) groups is 2. The lowest BCUT2D eigenvalue weighted by molar-refractivity contribution is -0.162. The normalized spacial score (nSPS) is 20.4. The van der Waals surface area contributed by atoms with Crippen molar-refractivity contribution in [1.82, 2.24) is 10.6 Å². The Hall–Kier alpha value is -2.94. The van der Waals surface area contributed by atoms with Crippen LogP contribution in [0.4, 0.5) is 0 Å². The van der Waals surface area contributed by atoms with Crippen LogP contribution in [0.2, 0.25) is 0 Å². The Morgan fingerprint density at radius 3 is 2.57 bits per heavy atom. The number of ether oxygens (including phenoxy) is 2. The van der Waals surface area contributed by atoms with E-state index in [-0.39, 0.29) is 18.4 Å². The van der Waals surface area contributed by atoms with Gasteiger partial charge in [-0.2, -0.15) is 0 Å². The number of aliphatic hydroxyl groups excluding tert-OH is 2. The third-order valence-electron chi connectivity index (χ3n) is 4.49. The van der Waals surface area contributed by atoms with Gasteiger partial charge in [0.2, 0.25) is 12.2 Å². The number of aliphatic hydroxyl groups is 2. The first kappa shape index (κ1) is 23.3. The Morgan fingerprint density at radius 2 is 1.87 bits per heavy atom. The summed E-state index contributed by atoms with van der Waals surface area (Å²) in [6.45, 7) is 1.55. The number of rotatable bonds is 5. The number of hydrogen-bond acceptors (Lipinski definition) is 6. The predicted molar refractivity (Wildman–Crippen MR) is 112 cm³/mol. The molecule has 1 aliphatic rings. The second-order valence-corrected chi connectivity index (χ2v) is 6.67. The summed E-state index contributed by atoms with van der Waals surface area (Å²) in [5.74, 6) is 0.173. The topological polar surface area (TPSA) is 117 Å². The highest BCUT2D eigenvalue weighted by Gasteiger charge is 2.33. The van der Waals surface area contributed by atoms with Crippen LogP contribution >= 0.6 is 0 Å². The van der Waals surface area contributed by atoms with Gasteiger partial charge in [0.15, 0.2) is 0 Å². The largest absolute Gasteiger partial charge is 0.462 e. The van der Waals surface area contributed by atoms with Crippen molar-refractivity contribution in [2.75, 3.05) is 20.8 Å². The first-order valence-electron chi connectivity index (χ1n) is 9.57. The molecule has 8 heteroatoms. The molecule has 3 atom stereocenters. The summed E-state index contributed by atoms with van der Waals surface area (Å²) in [7, 11) is 2.59. The number of benzene rings is 2. The smallest absolute Gasteiger partial charge is 0.251 e. The van der Waals surface area contributed by atoms with Gasteiger partial charge in [-0.05, 0) is 23.8 Å². The highest BCUT2D eigenvalue weighted by Crippen LogP contribution is 2.32. The van der Waals surface area contributed by atoms with Gasteiger partial charge in [-0.3, -0.25) is 9.59 Å². The Balaban J connectivity index is 0.00000155. The summed E-state index contributed by atoms with van der Waals surface area (Å²) in [6.07, 6.45) is -1.04. The molecule has 0 bridgehead atoms. The minimum absolute atomic E-state index is 0.134. The van der Waals surface area contributed by atoms with Gasteiger partial charge >= 0.3 is 0 Å². The van der Waals surface area contributed by atoms with Gasteiger partial charge in [0.05, 0.1) is 18.8 Å². The minimum atomic E-state index is -0.726. The highest BCUT2D eigenvalue weighted by molar-refractivity contribution is 5.95. The molecule has 4 N–H and O–H groups in total. The van der Waals surface area contributed by atoms with E-state index in [1.807, 2.05) is 30.3 Å². The van der Waals surface area contributed by atoms with Crippen molar-refractivity contribution in [3.8, 4) is 16.9 Å². The van der Waals surface area contributed by atoms with Gasteiger partial charge < -0.3 is 30.3 Å². The predicted octanol–water partition coefficient (Wildman–Crippen LogP) is 1.31. The number of amides is 2. The van der Waals surface area contributed by atoms with E-state index in [0.717, 1.165) is 18.2 Å². The van der Waals surface area contributed by atoms with E-state index in [0.29, 0.717) is 17.7 Å². The molecule has 2 aromatic carbocycles. The zero-order valence-corrected chi connectivity index (χ0v) is 17.3. The van der Waals surface area contributed by atoms with Crippen LogP contribution in [0, 0.1) is 0 Å². The van der Waals surface area contributed by atoms with Crippen molar-refractivity contribution < 1.29 is 29.3 Å². The first-order chi connectivity index (χ1) is 14.5. The second-order valence-electron chi connectivity index (χ2n) is 6.67. The fraction of sp³-hybridized carbons (Fsp3) is 0.364. The summed E-state index contributed by atoms with van der Waals surface area (Å²) in [4.78, 5) is 23.4. The molecule has 0 aromatic heterocycles. The Labute approximate surface area is 175 Å². The highest BCUT2D eigenvalue weighted by atomic mass is 16.7. The van der Waals surface area contributed by atoms with Crippen LogP contribution < -0.4 is 15.4 Å². The Morgan fingerprint density at radius 1 is 1.13 bits per heavy atom. The van der Waals surface area contributed by atoms with Crippen molar-refractivity contribution in [1.29, 1.82) is 0 Å². The minimum Gasteiger partial charge on any atom is -0.462 e. The Bertz CT molecular complexity index is 857. The SMILES string of the molecule is CNC(=O)c1cccc(-c2ccccc2O[C@@H]2OC[C@H](O)CC2NC(C)=O)c1.CO. The molecule has 2 amide bonds. The lowest BCUT2D eigenvalue weighted by Gasteiger charge is -2.34. The molecule has 0 aliphatic carbocycles. The molecular formula is C22H28N2O6. The molecule has 0 spiro atoms. The molecule has 30 heavy (non-hydrogen) atoms. The molecule has 0 saturated carbocycles. The van der Waals surface area contributed by atoms with Crippen molar-refractivity contribution in [3.63, 3.8) is 0 Å². The quantitative estimate of drug-likeness (QED) is 0.584. The second kappa shape index (κ2) is 11.3. The zero-order valence-electron chi connectivity index (χ0n) is 17.3. The fourth-order valence-corrected chi connectivity index (χ4v) is 3.20. The summed E-state index contributed by atoms with van der Waals surface area (Å²) in [5, 5.41) is 22.2. The number of carbonyl (C=O) groups excluding carboxylic acids is 2. The molecule has 1 heterocycles. The fourth-order valence-electron chi connectivity index (χ4n) is 3.20.